The van der Waals surface area contributed by atoms with E-state index in [0.29, 0.717) is 0 Å². The minimum Gasteiger partial charge on any atom is -0.313 e. The average molecular weight is 227 g/mol. The van der Waals surface area contributed by atoms with Gasteiger partial charge >= 0.3 is 0 Å². The van der Waals surface area contributed by atoms with E-state index in [9.17, 15) is 0 Å². The molecular formula is C13H25NS. The summed E-state index contributed by atoms with van der Waals surface area (Å²) in [5.74, 6) is 5.58. The van der Waals surface area contributed by atoms with Crippen molar-refractivity contribution in [2.24, 2.45) is 17.8 Å². The van der Waals surface area contributed by atoms with Crippen LogP contribution in [-0.2, 0) is 0 Å². The highest BCUT2D eigenvalue weighted by Crippen LogP contribution is 2.29. The molecule has 1 aliphatic heterocycles. The maximum absolute atomic E-state index is 3.83. The monoisotopic (exact) mass is 227 g/mol. The number of hydrogen-bond acceptors (Lipinski definition) is 2. The first-order valence-corrected chi connectivity index (χ1v) is 7.72. The lowest BCUT2D eigenvalue weighted by atomic mass is 9.80. The van der Waals surface area contributed by atoms with Gasteiger partial charge in [-0.2, -0.15) is 11.8 Å². The number of nitrogens with one attached hydrogen (secondary N) is 1. The smallest absolute Gasteiger partial charge is 0.00953 e. The second-order valence-electron chi connectivity index (χ2n) is 5.64. The Labute approximate surface area is 98.8 Å². The molecule has 2 rings (SSSR count). The fourth-order valence-electron chi connectivity index (χ4n) is 2.88. The Morgan fingerprint density at radius 3 is 2.80 bits per heavy atom. The van der Waals surface area contributed by atoms with Gasteiger partial charge in [-0.3, -0.25) is 0 Å². The maximum Gasteiger partial charge on any atom is 0.00953 e. The molecule has 1 aliphatic carbocycles. The highest BCUT2D eigenvalue weighted by atomic mass is 32.2. The van der Waals surface area contributed by atoms with Crippen LogP contribution in [0.15, 0.2) is 0 Å². The summed E-state index contributed by atoms with van der Waals surface area (Å²) in [6, 6.07) is 0.805. The molecule has 2 aliphatic rings. The van der Waals surface area contributed by atoms with Crippen LogP contribution in [0, 0.1) is 17.8 Å². The van der Waals surface area contributed by atoms with E-state index in [1.807, 2.05) is 0 Å². The van der Waals surface area contributed by atoms with Gasteiger partial charge in [-0.25, -0.2) is 0 Å². The van der Waals surface area contributed by atoms with E-state index >= 15 is 0 Å². The van der Waals surface area contributed by atoms with Crippen molar-refractivity contribution in [2.45, 2.75) is 45.6 Å². The van der Waals surface area contributed by atoms with Crippen molar-refractivity contribution in [1.29, 1.82) is 0 Å². The third-order valence-corrected chi connectivity index (χ3v) is 5.38. The quantitative estimate of drug-likeness (QED) is 0.795. The maximum atomic E-state index is 3.83. The Morgan fingerprint density at radius 1 is 1.20 bits per heavy atom. The minimum absolute atomic E-state index is 0.805. The standard InChI is InChI=1S/C13H25NS/c1-10-3-4-11(2)13(7-10)14-8-12-5-6-15-9-12/h10-14H,3-9H2,1-2H3. The van der Waals surface area contributed by atoms with Crippen LogP contribution >= 0.6 is 11.8 Å². The Morgan fingerprint density at radius 2 is 2.07 bits per heavy atom. The van der Waals surface area contributed by atoms with Gasteiger partial charge in [0.15, 0.2) is 0 Å². The van der Waals surface area contributed by atoms with Crippen LogP contribution in [0.3, 0.4) is 0 Å². The second kappa shape index (κ2) is 5.58. The lowest BCUT2D eigenvalue weighted by molar-refractivity contribution is 0.223. The molecule has 1 saturated carbocycles. The van der Waals surface area contributed by atoms with Crippen LogP contribution in [0.25, 0.3) is 0 Å². The first-order valence-electron chi connectivity index (χ1n) is 6.57. The zero-order valence-corrected chi connectivity index (χ0v) is 11.0. The van der Waals surface area contributed by atoms with Crippen LogP contribution in [0.2, 0.25) is 0 Å². The van der Waals surface area contributed by atoms with Crippen molar-refractivity contribution in [3.05, 3.63) is 0 Å². The molecule has 0 amide bonds. The first-order chi connectivity index (χ1) is 7.25. The highest BCUT2D eigenvalue weighted by molar-refractivity contribution is 7.99. The van der Waals surface area contributed by atoms with Crippen molar-refractivity contribution < 1.29 is 0 Å². The van der Waals surface area contributed by atoms with Crippen molar-refractivity contribution >= 4 is 11.8 Å². The summed E-state index contributed by atoms with van der Waals surface area (Å²) in [6.45, 7) is 6.10. The molecule has 88 valence electrons. The number of rotatable bonds is 3. The fourth-order valence-corrected chi connectivity index (χ4v) is 4.16. The molecule has 0 aromatic rings. The molecule has 0 aromatic carbocycles. The van der Waals surface area contributed by atoms with Gasteiger partial charge in [0.05, 0.1) is 0 Å². The third kappa shape index (κ3) is 3.39. The normalized spacial score (nSPS) is 42.0. The van der Waals surface area contributed by atoms with Gasteiger partial charge < -0.3 is 5.32 Å². The summed E-state index contributed by atoms with van der Waals surface area (Å²) >= 11 is 2.13. The molecule has 2 fully saturated rings. The largest absolute Gasteiger partial charge is 0.313 e. The lowest BCUT2D eigenvalue weighted by Gasteiger charge is -2.34. The predicted octanol–water partition coefficient (Wildman–Crippen LogP) is 3.15. The van der Waals surface area contributed by atoms with E-state index in [1.165, 1.54) is 43.7 Å². The summed E-state index contributed by atoms with van der Waals surface area (Å²) in [7, 11) is 0. The summed E-state index contributed by atoms with van der Waals surface area (Å²) in [6.07, 6.45) is 5.71. The minimum atomic E-state index is 0.805. The first kappa shape index (κ1) is 11.8. The van der Waals surface area contributed by atoms with E-state index in [2.05, 4.69) is 30.9 Å². The Kier molecular flexibility index (Phi) is 4.39. The van der Waals surface area contributed by atoms with Crippen LogP contribution in [-0.4, -0.2) is 24.1 Å². The summed E-state index contributed by atoms with van der Waals surface area (Å²) in [5, 5.41) is 3.83. The third-order valence-electron chi connectivity index (χ3n) is 4.15. The predicted molar refractivity (Wildman–Crippen MR) is 69.4 cm³/mol. The molecule has 0 bridgehead atoms. The van der Waals surface area contributed by atoms with Crippen molar-refractivity contribution in [3.8, 4) is 0 Å². The van der Waals surface area contributed by atoms with Crippen molar-refractivity contribution in [2.75, 3.05) is 18.1 Å². The summed E-state index contributed by atoms with van der Waals surface area (Å²) in [4.78, 5) is 0. The second-order valence-corrected chi connectivity index (χ2v) is 6.79. The zero-order valence-electron chi connectivity index (χ0n) is 10.2. The number of hydrogen-bond donors (Lipinski definition) is 1. The number of thioether (sulfide) groups is 1. The molecule has 0 radical (unpaired) electrons. The van der Waals surface area contributed by atoms with E-state index < -0.39 is 0 Å². The molecule has 0 aromatic heterocycles. The molecule has 1 N–H and O–H groups in total. The molecule has 15 heavy (non-hydrogen) atoms. The van der Waals surface area contributed by atoms with Gasteiger partial charge in [0, 0.05) is 6.04 Å². The summed E-state index contributed by atoms with van der Waals surface area (Å²) in [5.41, 5.74) is 0. The van der Waals surface area contributed by atoms with Crippen LogP contribution in [0.5, 0.6) is 0 Å². The van der Waals surface area contributed by atoms with Gasteiger partial charge in [0.25, 0.3) is 0 Å². The van der Waals surface area contributed by atoms with Gasteiger partial charge in [0.1, 0.15) is 0 Å². The highest BCUT2D eigenvalue weighted by Gasteiger charge is 2.26. The lowest BCUT2D eigenvalue weighted by Crippen LogP contribution is -2.41. The van der Waals surface area contributed by atoms with Gasteiger partial charge in [-0.05, 0) is 55.1 Å². The topological polar surface area (TPSA) is 12.0 Å². The Bertz CT molecular complexity index is 189. The van der Waals surface area contributed by atoms with Crippen molar-refractivity contribution in [1.82, 2.24) is 5.32 Å². The zero-order chi connectivity index (χ0) is 10.7. The fraction of sp³-hybridized carbons (Fsp3) is 1.00. The summed E-state index contributed by atoms with van der Waals surface area (Å²) < 4.78 is 0. The average Bonchev–Trinajstić information content (AvgIpc) is 2.72. The van der Waals surface area contributed by atoms with E-state index in [1.54, 1.807) is 0 Å². The van der Waals surface area contributed by atoms with Gasteiger partial charge in [-0.1, -0.05) is 20.3 Å². The van der Waals surface area contributed by atoms with Gasteiger partial charge in [0.2, 0.25) is 0 Å². The SMILES string of the molecule is CC1CCC(C)C(NCC2CCSC2)C1. The Balaban J connectivity index is 1.72. The van der Waals surface area contributed by atoms with E-state index in [0.717, 1.165) is 23.8 Å². The van der Waals surface area contributed by atoms with E-state index in [4.69, 9.17) is 0 Å². The van der Waals surface area contributed by atoms with Crippen molar-refractivity contribution in [3.63, 3.8) is 0 Å². The molecule has 2 heteroatoms. The van der Waals surface area contributed by atoms with E-state index in [-0.39, 0.29) is 0 Å². The molecule has 1 heterocycles. The molecule has 4 unspecified atom stereocenters. The van der Waals surface area contributed by atoms with Crippen LogP contribution in [0.4, 0.5) is 0 Å². The molecule has 1 nitrogen and oxygen atoms in total. The molecular weight excluding hydrogens is 202 g/mol. The molecule has 1 saturated heterocycles. The van der Waals surface area contributed by atoms with Crippen LogP contribution in [0.1, 0.15) is 39.5 Å². The van der Waals surface area contributed by atoms with Gasteiger partial charge in [-0.15, -0.1) is 0 Å². The molecule has 4 atom stereocenters. The molecule has 0 spiro atoms. The Hall–Kier alpha value is 0.310. The van der Waals surface area contributed by atoms with Crippen LogP contribution < -0.4 is 5.32 Å².